The number of carbonyl (C=O) groups is 1. The van der Waals surface area contributed by atoms with Gasteiger partial charge in [-0.25, -0.2) is 4.98 Å². The van der Waals surface area contributed by atoms with Crippen molar-refractivity contribution in [2.24, 2.45) is 0 Å². The summed E-state index contributed by atoms with van der Waals surface area (Å²) in [7, 11) is 1.58. The zero-order valence-electron chi connectivity index (χ0n) is 15.6. The number of nitrogens with one attached hydrogen (secondary N) is 1. The van der Waals surface area contributed by atoms with Gasteiger partial charge in [0.25, 0.3) is 5.91 Å². The molecule has 0 spiro atoms. The molecule has 0 aliphatic carbocycles. The first kappa shape index (κ1) is 17.9. The lowest BCUT2D eigenvalue weighted by Crippen LogP contribution is -2.26. The summed E-state index contributed by atoms with van der Waals surface area (Å²) < 4.78 is 13.1. The van der Waals surface area contributed by atoms with E-state index in [0.717, 1.165) is 17.8 Å². The van der Waals surface area contributed by atoms with Crippen molar-refractivity contribution in [2.75, 3.05) is 13.7 Å². The van der Waals surface area contributed by atoms with Crippen LogP contribution in [0.1, 0.15) is 21.9 Å². The van der Waals surface area contributed by atoms with Gasteiger partial charge in [0.2, 0.25) is 0 Å². The minimum absolute atomic E-state index is 0.251. The van der Waals surface area contributed by atoms with Gasteiger partial charge in [-0.15, -0.1) is 0 Å². The summed E-state index contributed by atoms with van der Waals surface area (Å²) in [5.74, 6) is 1.56. The van der Waals surface area contributed by atoms with Crippen molar-refractivity contribution < 1.29 is 13.9 Å². The lowest BCUT2D eigenvalue weighted by molar-refractivity contribution is 0.0928. The van der Waals surface area contributed by atoms with E-state index in [9.17, 15) is 4.79 Å². The lowest BCUT2D eigenvalue weighted by Gasteiger charge is -2.08. The maximum atomic E-state index is 12.4. The van der Waals surface area contributed by atoms with Gasteiger partial charge >= 0.3 is 0 Å². The Bertz CT molecular complexity index is 1080. The summed E-state index contributed by atoms with van der Waals surface area (Å²) >= 11 is 0. The summed E-state index contributed by atoms with van der Waals surface area (Å²) in [6, 6.07) is 17.5. The number of para-hydroxylation sites is 1. The molecule has 6 nitrogen and oxygen atoms in total. The van der Waals surface area contributed by atoms with Crippen LogP contribution in [0.2, 0.25) is 0 Å². The Morgan fingerprint density at radius 1 is 1.18 bits per heavy atom. The molecule has 0 radical (unpaired) electrons. The Labute approximate surface area is 162 Å². The Kier molecular flexibility index (Phi) is 5.10. The minimum Gasteiger partial charge on any atom is -0.493 e. The molecule has 0 unspecified atom stereocenters. The van der Waals surface area contributed by atoms with Gasteiger partial charge in [0, 0.05) is 37.3 Å². The van der Waals surface area contributed by atoms with E-state index in [1.807, 2.05) is 36.5 Å². The molecule has 4 aromatic rings. The Balaban J connectivity index is 1.38. The van der Waals surface area contributed by atoms with Crippen LogP contribution in [0, 0.1) is 0 Å². The van der Waals surface area contributed by atoms with Gasteiger partial charge in [-0.1, -0.05) is 42.5 Å². The number of fused-ring (bicyclic) bond motifs is 1. The number of ether oxygens (including phenoxy) is 1. The lowest BCUT2D eigenvalue weighted by atomic mass is 10.2. The zero-order chi connectivity index (χ0) is 19.3. The van der Waals surface area contributed by atoms with E-state index < -0.39 is 0 Å². The molecule has 142 valence electrons. The van der Waals surface area contributed by atoms with E-state index >= 15 is 0 Å². The van der Waals surface area contributed by atoms with Crippen LogP contribution in [0.5, 0.6) is 5.75 Å². The molecule has 0 saturated heterocycles. The SMILES string of the molecule is COc1cccc2cc(C(=O)NCCc3nccn3Cc3ccccc3)oc12. The molecule has 6 heteroatoms. The third kappa shape index (κ3) is 3.76. The van der Waals surface area contributed by atoms with Crippen molar-refractivity contribution in [3.05, 3.63) is 84.1 Å². The largest absolute Gasteiger partial charge is 0.493 e. The van der Waals surface area contributed by atoms with Gasteiger partial charge in [0.15, 0.2) is 17.1 Å². The van der Waals surface area contributed by atoms with Crippen LogP contribution in [-0.4, -0.2) is 29.1 Å². The van der Waals surface area contributed by atoms with Gasteiger partial charge in [-0.3, -0.25) is 4.79 Å². The predicted octanol–water partition coefficient (Wildman–Crippen LogP) is 3.66. The smallest absolute Gasteiger partial charge is 0.287 e. The molecule has 2 aromatic carbocycles. The maximum Gasteiger partial charge on any atom is 0.287 e. The molecule has 1 amide bonds. The summed E-state index contributed by atoms with van der Waals surface area (Å²) in [5.41, 5.74) is 1.79. The Morgan fingerprint density at radius 2 is 2.04 bits per heavy atom. The monoisotopic (exact) mass is 375 g/mol. The second kappa shape index (κ2) is 8.00. The molecule has 0 aliphatic heterocycles. The zero-order valence-corrected chi connectivity index (χ0v) is 15.6. The van der Waals surface area contributed by atoms with Crippen LogP contribution in [0.3, 0.4) is 0 Å². The van der Waals surface area contributed by atoms with Crippen LogP contribution in [0.4, 0.5) is 0 Å². The number of amides is 1. The standard InChI is InChI=1S/C22H21N3O3/c1-27-18-9-5-8-17-14-19(28-21(17)18)22(26)24-11-10-20-23-12-13-25(20)15-16-6-3-2-4-7-16/h2-9,12-14H,10-11,15H2,1H3,(H,24,26). The van der Waals surface area contributed by atoms with Crippen molar-refractivity contribution in [1.29, 1.82) is 0 Å². The average molecular weight is 375 g/mol. The normalized spacial score (nSPS) is 10.9. The first-order valence-electron chi connectivity index (χ1n) is 9.13. The van der Waals surface area contributed by atoms with Crippen LogP contribution in [0.25, 0.3) is 11.0 Å². The summed E-state index contributed by atoms with van der Waals surface area (Å²) in [5, 5.41) is 3.74. The van der Waals surface area contributed by atoms with E-state index in [-0.39, 0.29) is 11.7 Å². The van der Waals surface area contributed by atoms with Crippen molar-refractivity contribution in [2.45, 2.75) is 13.0 Å². The van der Waals surface area contributed by atoms with E-state index in [1.165, 1.54) is 5.56 Å². The Hall–Kier alpha value is -3.54. The molecule has 0 bridgehead atoms. The van der Waals surface area contributed by atoms with Gasteiger partial charge in [0.1, 0.15) is 5.82 Å². The predicted molar refractivity (Wildman–Crippen MR) is 107 cm³/mol. The van der Waals surface area contributed by atoms with E-state index in [4.69, 9.17) is 9.15 Å². The third-order valence-corrected chi connectivity index (χ3v) is 4.58. The van der Waals surface area contributed by atoms with Gasteiger partial charge in [-0.05, 0) is 17.7 Å². The van der Waals surface area contributed by atoms with Crippen molar-refractivity contribution in [3.8, 4) is 5.75 Å². The summed E-state index contributed by atoms with van der Waals surface area (Å²) in [4.78, 5) is 16.9. The second-order valence-corrected chi connectivity index (χ2v) is 6.45. The summed E-state index contributed by atoms with van der Waals surface area (Å²) in [6.45, 7) is 1.23. The first-order valence-corrected chi connectivity index (χ1v) is 9.13. The molecule has 0 fully saturated rings. The fourth-order valence-electron chi connectivity index (χ4n) is 3.18. The van der Waals surface area contributed by atoms with Gasteiger partial charge < -0.3 is 19.0 Å². The number of hydrogen-bond acceptors (Lipinski definition) is 4. The fourth-order valence-corrected chi connectivity index (χ4v) is 3.18. The van der Waals surface area contributed by atoms with Crippen molar-refractivity contribution in [3.63, 3.8) is 0 Å². The van der Waals surface area contributed by atoms with Crippen LogP contribution in [-0.2, 0) is 13.0 Å². The number of imidazole rings is 1. The van der Waals surface area contributed by atoms with E-state index in [2.05, 4.69) is 27.0 Å². The number of carbonyl (C=O) groups excluding carboxylic acids is 1. The van der Waals surface area contributed by atoms with Crippen molar-refractivity contribution >= 4 is 16.9 Å². The van der Waals surface area contributed by atoms with Crippen LogP contribution in [0.15, 0.2) is 71.4 Å². The van der Waals surface area contributed by atoms with Gasteiger partial charge in [0.05, 0.1) is 7.11 Å². The molecule has 4 rings (SSSR count). The highest BCUT2D eigenvalue weighted by molar-refractivity contribution is 5.97. The van der Waals surface area contributed by atoms with Crippen molar-refractivity contribution in [1.82, 2.24) is 14.9 Å². The number of methoxy groups -OCH3 is 1. The van der Waals surface area contributed by atoms with E-state index in [1.54, 1.807) is 25.4 Å². The van der Waals surface area contributed by atoms with E-state index in [0.29, 0.717) is 24.3 Å². The van der Waals surface area contributed by atoms with Gasteiger partial charge in [-0.2, -0.15) is 0 Å². The average Bonchev–Trinajstić information content (AvgIpc) is 3.35. The quantitative estimate of drug-likeness (QED) is 0.535. The molecule has 2 heterocycles. The second-order valence-electron chi connectivity index (χ2n) is 6.45. The summed E-state index contributed by atoms with van der Waals surface area (Å²) in [6.07, 6.45) is 4.37. The molecule has 0 atom stereocenters. The number of furan rings is 1. The molecule has 0 aliphatic rings. The number of benzene rings is 2. The minimum atomic E-state index is -0.251. The highest BCUT2D eigenvalue weighted by Crippen LogP contribution is 2.28. The number of hydrogen-bond donors (Lipinski definition) is 1. The molecule has 1 N–H and O–H groups in total. The molecular weight excluding hydrogens is 354 g/mol. The highest BCUT2D eigenvalue weighted by atomic mass is 16.5. The highest BCUT2D eigenvalue weighted by Gasteiger charge is 2.14. The molecule has 0 saturated carbocycles. The van der Waals surface area contributed by atoms with Crippen LogP contribution < -0.4 is 10.1 Å². The first-order chi connectivity index (χ1) is 13.7. The number of aromatic nitrogens is 2. The topological polar surface area (TPSA) is 69.3 Å². The molecule has 2 aromatic heterocycles. The van der Waals surface area contributed by atoms with Crippen LogP contribution >= 0.6 is 0 Å². The fraction of sp³-hybridized carbons (Fsp3) is 0.182. The number of nitrogens with zero attached hydrogens (tertiary/aromatic N) is 2. The molecule has 28 heavy (non-hydrogen) atoms. The third-order valence-electron chi connectivity index (χ3n) is 4.58. The maximum absolute atomic E-state index is 12.4. The molecular formula is C22H21N3O3. The number of rotatable bonds is 7. The Morgan fingerprint density at radius 3 is 2.86 bits per heavy atom.